The lowest BCUT2D eigenvalue weighted by Crippen LogP contribution is -2.12. The lowest BCUT2D eigenvalue weighted by Gasteiger charge is -2.28. The van der Waals surface area contributed by atoms with Crippen molar-refractivity contribution < 1.29 is 4.39 Å². The summed E-state index contributed by atoms with van der Waals surface area (Å²) in [7, 11) is 0. The Labute approximate surface area is 110 Å². The highest BCUT2D eigenvalue weighted by molar-refractivity contribution is 5.25. The Kier molecular flexibility index (Phi) is 4.98. The van der Waals surface area contributed by atoms with E-state index in [1.165, 1.54) is 36.8 Å². The van der Waals surface area contributed by atoms with Crippen molar-refractivity contribution in [2.75, 3.05) is 0 Å². The first-order chi connectivity index (χ1) is 8.83. The van der Waals surface area contributed by atoms with E-state index in [-0.39, 0.29) is 0 Å². The van der Waals surface area contributed by atoms with Crippen molar-refractivity contribution in [2.24, 2.45) is 5.92 Å². The summed E-state index contributed by atoms with van der Waals surface area (Å²) >= 11 is 0. The van der Waals surface area contributed by atoms with Gasteiger partial charge in [-0.1, -0.05) is 37.3 Å². The normalized spacial score (nSPS) is 24.6. The van der Waals surface area contributed by atoms with E-state index in [4.69, 9.17) is 0 Å². The van der Waals surface area contributed by atoms with Crippen molar-refractivity contribution in [1.82, 2.24) is 0 Å². The van der Waals surface area contributed by atoms with E-state index < -0.39 is 0 Å². The van der Waals surface area contributed by atoms with E-state index in [0.29, 0.717) is 12.2 Å². The van der Waals surface area contributed by atoms with Crippen LogP contribution in [0.1, 0.15) is 56.1 Å². The molecule has 0 spiro atoms. The van der Waals surface area contributed by atoms with E-state index in [1.54, 1.807) is 6.08 Å². The summed E-state index contributed by atoms with van der Waals surface area (Å²) in [6.45, 7) is 2.19. The maximum Gasteiger partial charge on any atom is 0.0827 e. The molecule has 1 fully saturated rings. The topological polar surface area (TPSA) is 0 Å². The van der Waals surface area contributed by atoms with Gasteiger partial charge < -0.3 is 0 Å². The minimum atomic E-state index is 0.690. The second-order valence-corrected chi connectivity index (χ2v) is 5.41. The summed E-state index contributed by atoms with van der Waals surface area (Å²) in [5, 5.41) is 0. The number of hydrogen-bond donors (Lipinski definition) is 0. The van der Waals surface area contributed by atoms with E-state index in [0.717, 1.165) is 18.8 Å². The number of benzene rings is 1. The van der Waals surface area contributed by atoms with Crippen LogP contribution >= 0.6 is 0 Å². The monoisotopic (exact) mass is 246 g/mol. The van der Waals surface area contributed by atoms with E-state index in [9.17, 15) is 4.39 Å². The van der Waals surface area contributed by atoms with Crippen LogP contribution in [0.4, 0.5) is 4.39 Å². The predicted octanol–water partition coefficient (Wildman–Crippen LogP) is 5.40. The van der Waals surface area contributed by atoms with Gasteiger partial charge in [-0.2, -0.15) is 0 Å². The van der Waals surface area contributed by atoms with Crippen LogP contribution in [0.3, 0.4) is 0 Å². The summed E-state index contributed by atoms with van der Waals surface area (Å²) in [4.78, 5) is 0. The van der Waals surface area contributed by atoms with Crippen molar-refractivity contribution in [3.8, 4) is 0 Å². The highest BCUT2D eigenvalue weighted by atomic mass is 19.1. The molecule has 1 aromatic carbocycles. The maximum atomic E-state index is 12.0. The standard InChI is InChI=1S/C17H23F/c1-2-14-5-9-16(10-6-14)17-11-7-15(8-12-17)4-3-13-18/h3,5-6,9-10,13,15,17H,2,4,7-8,11-12H2,1H3/b13-3+/t15-,17-. The van der Waals surface area contributed by atoms with Gasteiger partial charge in [-0.3, -0.25) is 0 Å². The molecule has 98 valence electrons. The summed E-state index contributed by atoms with van der Waals surface area (Å²) in [6.07, 6.45) is 9.39. The third-order valence-electron chi connectivity index (χ3n) is 4.26. The van der Waals surface area contributed by atoms with Crippen LogP contribution in [-0.4, -0.2) is 0 Å². The van der Waals surface area contributed by atoms with Gasteiger partial charge in [0.15, 0.2) is 0 Å². The molecule has 0 nitrogen and oxygen atoms in total. The molecule has 1 aromatic rings. The third-order valence-corrected chi connectivity index (χ3v) is 4.26. The highest BCUT2D eigenvalue weighted by Crippen LogP contribution is 2.37. The van der Waals surface area contributed by atoms with Crippen LogP contribution in [0, 0.1) is 5.92 Å². The van der Waals surface area contributed by atoms with Crippen LogP contribution < -0.4 is 0 Å². The van der Waals surface area contributed by atoms with Crippen molar-refractivity contribution in [1.29, 1.82) is 0 Å². The Morgan fingerprint density at radius 2 is 1.78 bits per heavy atom. The number of hydrogen-bond acceptors (Lipinski definition) is 0. The molecule has 0 aliphatic heterocycles. The second-order valence-electron chi connectivity index (χ2n) is 5.41. The molecular weight excluding hydrogens is 223 g/mol. The maximum absolute atomic E-state index is 12.0. The number of allylic oxidation sites excluding steroid dienone is 1. The Balaban J connectivity index is 1.88. The molecule has 0 aromatic heterocycles. The molecule has 0 atom stereocenters. The molecule has 1 aliphatic rings. The average Bonchev–Trinajstić information content (AvgIpc) is 2.46. The molecule has 1 aliphatic carbocycles. The Morgan fingerprint density at radius 1 is 1.11 bits per heavy atom. The molecule has 0 radical (unpaired) electrons. The van der Waals surface area contributed by atoms with Gasteiger partial charge in [0.05, 0.1) is 6.33 Å². The van der Waals surface area contributed by atoms with Gasteiger partial charge in [-0.15, -0.1) is 0 Å². The first kappa shape index (κ1) is 13.3. The molecule has 0 heterocycles. The Morgan fingerprint density at radius 3 is 2.33 bits per heavy atom. The van der Waals surface area contributed by atoms with Crippen LogP contribution in [0.2, 0.25) is 0 Å². The minimum Gasteiger partial charge on any atom is -0.216 e. The van der Waals surface area contributed by atoms with Crippen LogP contribution in [0.5, 0.6) is 0 Å². The van der Waals surface area contributed by atoms with E-state index >= 15 is 0 Å². The molecular formula is C17H23F. The lowest BCUT2D eigenvalue weighted by atomic mass is 9.77. The number of rotatable bonds is 4. The summed E-state index contributed by atoms with van der Waals surface area (Å²) in [5.74, 6) is 1.42. The smallest absolute Gasteiger partial charge is 0.0827 e. The molecule has 0 N–H and O–H groups in total. The molecule has 0 bridgehead atoms. The zero-order valence-corrected chi connectivity index (χ0v) is 11.2. The van der Waals surface area contributed by atoms with Gasteiger partial charge in [0.2, 0.25) is 0 Å². The van der Waals surface area contributed by atoms with Crippen LogP contribution in [-0.2, 0) is 6.42 Å². The van der Waals surface area contributed by atoms with Crippen molar-refractivity contribution >= 4 is 0 Å². The van der Waals surface area contributed by atoms with E-state index in [1.807, 2.05) is 0 Å². The van der Waals surface area contributed by atoms with Crippen molar-refractivity contribution in [3.63, 3.8) is 0 Å². The second kappa shape index (κ2) is 6.72. The fraction of sp³-hybridized carbons (Fsp3) is 0.529. The number of aryl methyl sites for hydroxylation is 1. The van der Waals surface area contributed by atoms with Crippen molar-refractivity contribution in [2.45, 2.75) is 51.4 Å². The Hall–Kier alpha value is -1.11. The number of halogens is 1. The Bertz CT molecular complexity index is 369. The first-order valence-corrected chi connectivity index (χ1v) is 7.17. The fourth-order valence-electron chi connectivity index (χ4n) is 3.00. The van der Waals surface area contributed by atoms with Gasteiger partial charge in [-0.05, 0) is 61.5 Å². The lowest BCUT2D eigenvalue weighted by molar-refractivity contribution is 0.327. The molecule has 1 saturated carbocycles. The molecule has 0 saturated heterocycles. The zero-order chi connectivity index (χ0) is 12.8. The first-order valence-electron chi connectivity index (χ1n) is 7.17. The van der Waals surface area contributed by atoms with Gasteiger partial charge >= 0.3 is 0 Å². The molecule has 0 unspecified atom stereocenters. The van der Waals surface area contributed by atoms with Gasteiger partial charge in [-0.25, -0.2) is 4.39 Å². The fourth-order valence-corrected chi connectivity index (χ4v) is 3.00. The largest absolute Gasteiger partial charge is 0.216 e. The molecule has 1 heteroatoms. The molecule has 18 heavy (non-hydrogen) atoms. The quantitative estimate of drug-likeness (QED) is 0.667. The van der Waals surface area contributed by atoms with Gasteiger partial charge in [0.1, 0.15) is 0 Å². The SMILES string of the molecule is CCc1ccc([C@H]2CC[C@H](C/C=C/F)CC2)cc1. The average molecular weight is 246 g/mol. The van der Waals surface area contributed by atoms with Crippen molar-refractivity contribution in [3.05, 3.63) is 47.8 Å². The molecule has 0 amide bonds. The summed E-state index contributed by atoms with van der Waals surface area (Å²) in [5.41, 5.74) is 2.91. The van der Waals surface area contributed by atoms with Crippen LogP contribution in [0.25, 0.3) is 0 Å². The summed E-state index contributed by atoms with van der Waals surface area (Å²) in [6, 6.07) is 9.11. The molecule has 2 rings (SSSR count). The summed E-state index contributed by atoms with van der Waals surface area (Å²) < 4.78 is 12.0. The van der Waals surface area contributed by atoms with Crippen LogP contribution in [0.15, 0.2) is 36.7 Å². The van der Waals surface area contributed by atoms with Gasteiger partial charge in [0.25, 0.3) is 0 Å². The zero-order valence-electron chi connectivity index (χ0n) is 11.2. The van der Waals surface area contributed by atoms with E-state index in [2.05, 4.69) is 31.2 Å². The van der Waals surface area contributed by atoms with Gasteiger partial charge in [0, 0.05) is 0 Å². The third kappa shape index (κ3) is 3.44. The minimum absolute atomic E-state index is 0.690. The predicted molar refractivity (Wildman–Crippen MR) is 75.4 cm³/mol. The highest BCUT2D eigenvalue weighted by Gasteiger charge is 2.21.